The molecule has 0 unspecified atom stereocenters. The molecule has 2 aromatic carbocycles. The van der Waals surface area contributed by atoms with Gasteiger partial charge in [0, 0.05) is 5.92 Å². The normalized spacial score (nSPS) is 14.5. The van der Waals surface area contributed by atoms with Gasteiger partial charge >= 0.3 is 0 Å². The smallest absolute Gasteiger partial charge is 0.0136 e. The predicted molar refractivity (Wildman–Crippen MR) is 82.7 cm³/mol. The van der Waals surface area contributed by atoms with E-state index in [1.54, 1.807) is 0 Å². The van der Waals surface area contributed by atoms with Crippen LogP contribution in [0.15, 0.2) is 85.0 Å². The van der Waals surface area contributed by atoms with Crippen LogP contribution < -0.4 is 0 Å². The van der Waals surface area contributed by atoms with Gasteiger partial charge in [-0.25, -0.2) is 0 Å². The summed E-state index contributed by atoms with van der Waals surface area (Å²) < 4.78 is 0. The zero-order valence-corrected chi connectivity index (χ0v) is 10.7. The summed E-state index contributed by atoms with van der Waals surface area (Å²) in [6.07, 6.45) is 13.0. The van der Waals surface area contributed by atoms with Crippen molar-refractivity contribution in [2.75, 3.05) is 0 Å². The molecule has 0 fully saturated rings. The fourth-order valence-electron chi connectivity index (χ4n) is 2.22. The molecule has 1 aliphatic carbocycles. The lowest BCUT2D eigenvalue weighted by Gasteiger charge is -2.02. The zero-order valence-electron chi connectivity index (χ0n) is 10.7. The highest BCUT2D eigenvalue weighted by Crippen LogP contribution is 2.20. The van der Waals surface area contributed by atoms with Crippen molar-refractivity contribution in [3.63, 3.8) is 0 Å². The molecule has 0 saturated carbocycles. The van der Waals surface area contributed by atoms with Crippen LogP contribution in [0.5, 0.6) is 0 Å². The Hall–Kier alpha value is -2.34. The van der Waals surface area contributed by atoms with Gasteiger partial charge in [0.25, 0.3) is 0 Å². The highest BCUT2D eigenvalue weighted by Gasteiger charge is 1.98. The van der Waals surface area contributed by atoms with E-state index in [0.29, 0.717) is 5.92 Å². The second kappa shape index (κ2) is 5.53. The van der Waals surface area contributed by atoms with Crippen molar-refractivity contribution in [1.29, 1.82) is 0 Å². The number of hydrogen-bond donors (Lipinski definition) is 0. The zero-order chi connectivity index (χ0) is 12.9. The number of allylic oxidation sites excluding steroid dienone is 5. The molecule has 0 bridgehead atoms. The lowest BCUT2D eigenvalue weighted by Crippen LogP contribution is -1.81. The largest absolute Gasteiger partial charge is 0.0738 e. The van der Waals surface area contributed by atoms with Crippen LogP contribution in [0.4, 0.5) is 0 Å². The molecular weight excluding hydrogens is 228 g/mol. The van der Waals surface area contributed by atoms with Gasteiger partial charge in [-0.1, -0.05) is 91.1 Å². The average molecular weight is 244 g/mol. The minimum Gasteiger partial charge on any atom is -0.0738 e. The van der Waals surface area contributed by atoms with Crippen LogP contribution in [-0.4, -0.2) is 0 Å². The summed E-state index contributed by atoms with van der Waals surface area (Å²) >= 11 is 0. The van der Waals surface area contributed by atoms with E-state index in [2.05, 4.69) is 85.0 Å². The van der Waals surface area contributed by atoms with Crippen molar-refractivity contribution >= 4 is 6.08 Å². The van der Waals surface area contributed by atoms with Crippen molar-refractivity contribution < 1.29 is 0 Å². The third-order valence-electron chi connectivity index (χ3n) is 3.31. The molecule has 0 aliphatic heterocycles. The Balaban J connectivity index is 1.76. The van der Waals surface area contributed by atoms with Crippen molar-refractivity contribution in [2.24, 2.45) is 5.92 Å². The quantitative estimate of drug-likeness (QED) is 0.704. The maximum Gasteiger partial charge on any atom is 0.0136 e. The fraction of sp³-hybridized carbons (Fsp3) is 0.0526. The molecule has 0 nitrogen and oxygen atoms in total. The summed E-state index contributed by atoms with van der Waals surface area (Å²) in [5, 5.41) is 0. The van der Waals surface area contributed by atoms with Gasteiger partial charge in [-0.15, -0.1) is 0 Å². The van der Waals surface area contributed by atoms with E-state index in [4.69, 9.17) is 0 Å². The molecule has 0 aromatic heterocycles. The topological polar surface area (TPSA) is 0 Å². The summed E-state index contributed by atoms with van der Waals surface area (Å²) in [6, 6.07) is 19.2. The van der Waals surface area contributed by atoms with Crippen LogP contribution in [-0.2, 0) is 0 Å². The van der Waals surface area contributed by atoms with Crippen LogP contribution in [0, 0.1) is 5.92 Å². The molecule has 0 atom stereocenters. The molecule has 0 N–H and O–H groups in total. The van der Waals surface area contributed by atoms with Crippen LogP contribution in [0.1, 0.15) is 5.56 Å². The molecule has 3 rings (SSSR count). The Kier molecular flexibility index (Phi) is 3.42. The van der Waals surface area contributed by atoms with E-state index < -0.39 is 0 Å². The van der Waals surface area contributed by atoms with Crippen molar-refractivity contribution in [2.45, 2.75) is 0 Å². The summed E-state index contributed by atoms with van der Waals surface area (Å²) in [7, 11) is 0. The fourth-order valence-corrected chi connectivity index (χ4v) is 2.22. The van der Waals surface area contributed by atoms with Gasteiger partial charge in [-0.05, 0) is 16.7 Å². The second-order valence-corrected chi connectivity index (χ2v) is 4.69. The van der Waals surface area contributed by atoms with Gasteiger partial charge in [0.1, 0.15) is 0 Å². The van der Waals surface area contributed by atoms with E-state index in [0.717, 1.165) is 0 Å². The third kappa shape index (κ3) is 2.92. The molecule has 0 spiro atoms. The van der Waals surface area contributed by atoms with Crippen LogP contribution in [0.3, 0.4) is 0 Å². The van der Waals surface area contributed by atoms with E-state index >= 15 is 0 Å². The minimum atomic E-state index is 0.453. The summed E-state index contributed by atoms with van der Waals surface area (Å²) in [5.74, 6) is 0.453. The van der Waals surface area contributed by atoms with Gasteiger partial charge in [0.15, 0.2) is 0 Å². The number of hydrogen-bond acceptors (Lipinski definition) is 0. The minimum absolute atomic E-state index is 0.453. The summed E-state index contributed by atoms with van der Waals surface area (Å²) in [4.78, 5) is 0. The van der Waals surface area contributed by atoms with Crippen LogP contribution >= 0.6 is 0 Å². The predicted octanol–water partition coefficient (Wildman–Crippen LogP) is 5.11. The monoisotopic (exact) mass is 244 g/mol. The first-order chi connectivity index (χ1) is 9.42. The maximum atomic E-state index is 2.22. The summed E-state index contributed by atoms with van der Waals surface area (Å²) in [5.41, 5.74) is 3.77. The van der Waals surface area contributed by atoms with E-state index in [-0.39, 0.29) is 0 Å². The van der Waals surface area contributed by atoms with E-state index in [1.165, 1.54) is 16.7 Å². The first-order valence-corrected chi connectivity index (χ1v) is 6.60. The van der Waals surface area contributed by atoms with Crippen LogP contribution in [0.25, 0.3) is 17.2 Å². The van der Waals surface area contributed by atoms with Gasteiger partial charge in [0.05, 0.1) is 0 Å². The van der Waals surface area contributed by atoms with Crippen molar-refractivity contribution in [3.8, 4) is 11.1 Å². The third-order valence-corrected chi connectivity index (χ3v) is 3.31. The number of rotatable bonds is 3. The lowest BCUT2D eigenvalue weighted by atomic mass is 10.0. The molecule has 19 heavy (non-hydrogen) atoms. The second-order valence-electron chi connectivity index (χ2n) is 4.69. The first kappa shape index (κ1) is 11.7. The molecule has 0 saturated heterocycles. The van der Waals surface area contributed by atoms with Crippen molar-refractivity contribution in [3.05, 3.63) is 90.5 Å². The van der Waals surface area contributed by atoms with Gasteiger partial charge in [-0.3, -0.25) is 0 Å². The van der Waals surface area contributed by atoms with Gasteiger partial charge in [-0.2, -0.15) is 0 Å². The van der Waals surface area contributed by atoms with Crippen molar-refractivity contribution in [1.82, 2.24) is 0 Å². The number of benzene rings is 2. The highest BCUT2D eigenvalue weighted by molar-refractivity contribution is 5.65. The average Bonchev–Trinajstić information content (AvgIpc) is 3.00. The summed E-state index contributed by atoms with van der Waals surface area (Å²) in [6.45, 7) is 0. The Labute approximate surface area is 114 Å². The molecular formula is C19H16. The molecule has 0 heteroatoms. The molecule has 0 heterocycles. The molecule has 2 aromatic rings. The molecule has 92 valence electrons. The Morgan fingerprint density at radius 2 is 1.32 bits per heavy atom. The van der Waals surface area contributed by atoms with E-state index in [1.807, 2.05) is 6.07 Å². The Morgan fingerprint density at radius 1 is 0.684 bits per heavy atom. The molecule has 0 radical (unpaired) electrons. The highest BCUT2D eigenvalue weighted by atomic mass is 14.0. The molecule has 0 amide bonds. The van der Waals surface area contributed by atoms with Crippen LogP contribution in [0.2, 0.25) is 0 Å². The van der Waals surface area contributed by atoms with E-state index in [9.17, 15) is 0 Å². The van der Waals surface area contributed by atoms with Gasteiger partial charge < -0.3 is 0 Å². The van der Waals surface area contributed by atoms with Gasteiger partial charge in [0.2, 0.25) is 0 Å². The Morgan fingerprint density at radius 3 is 2.00 bits per heavy atom. The maximum absolute atomic E-state index is 2.22. The SMILES string of the molecule is C1=CC(/C=C/c2ccc(-c3ccccc3)cc2)C=C1. The molecule has 1 aliphatic rings. The first-order valence-electron chi connectivity index (χ1n) is 6.60. The standard InChI is InChI=1S/C19H16/c1-2-8-18(9-3-1)19-14-12-17(13-15-19)11-10-16-6-4-5-7-16/h1-16H/b11-10+. The Bertz CT molecular complexity index is 601. The lowest BCUT2D eigenvalue weighted by molar-refractivity contribution is 1.10.